The van der Waals surface area contributed by atoms with Gasteiger partial charge in [-0.1, -0.05) is 0 Å². The number of piperidine rings is 2. The van der Waals surface area contributed by atoms with Crippen LogP contribution < -0.4 is 0 Å². The lowest BCUT2D eigenvalue weighted by Crippen LogP contribution is -2.57. The average molecular weight is 363 g/mol. The molecular weight excluding hydrogens is 333 g/mol. The molecule has 0 amide bonds. The van der Waals surface area contributed by atoms with E-state index in [0.717, 1.165) is 83.6 Å². The molecule has 1 aromatic heterocycles. The Kier molecular flexibility index (Phi) is 5.55. The fourth-order valence-corrected chi connectivity index (χ4v) is 5.07. The summed E-state index contributed by atoms with van der Waals surface area (Å²) < 4.78 is 18.9. The van der Waals surface area contributed by atoms with Crippen molar-refractivity contribution >= 4 is 0 Å². The molecule has 1 atom stereocenters. The van der Waals surface area contributed by atoms with Gasteiger partial charge in [-0.3, -0.25) is 14.8 Å². The van der Waals surface area contributed by atoms with Gasteiger partial charge in [0.25, 0.3) is 0 Å². The smallest absolute Gasteiger partial charge is 0.141 e. The van der Waals surface area contributed by atoms with E-state index >= 15 is 0 Å². The Labute approximate surface area is 155 Å². The van der Waals surface area contributed by atoms with Crippen molar-refractivity contribution in [2.45, 2.75) is 50.8 Å². The van der Waals surface area contributed by atoms with Crippen molar-refractivity contribution in [1.82, 2.24) is 14.8 Å². The second kappa shape index (κ2) is 7.89. The summed E-state index contributed by atoms with van der Waals surface area (Å²) in [6.45, 7) is 6.37. The number of aromatic nitrogens is 1. The van der Waals surface area contributed by atoms with Crippen LogP contribution in [0.2, 0.25) is 0 Å². The minimum absolute atomic E-state index is 0.217. The summed E-state index contributed by atoms with van der Waals surface area (Å²) in [5.41, 5.74) is 1.17. The highest BCUT2D eigenvalue weighted by atomic mass is 19.1. The number of likely N-dealkylation sites (tertiary alicyclic amines) is 2. The summed E-state index contributed by atoms with van der Waals surface area (Å²) in [5, 5.41) is 10.5. The highest BCUT2D eigenvalue weighted by molar-refractivity contribution is 5.10. The largest absolute Gasteiger partial charge is 0.392 e. The maximum atomic E-state index is 13.3. The van der Waals surface area contributed by atoms with Crippen molar-refractivity contribution in [3.8, 4) is 0 Å². The lowest BCUT2D eigenvalue weighted by molar-refractivity contribution is -0.0726. The summed E-state index contributed by atoms with van der Waals surface area (Å²) in [4.78, 5) is 8.87. The molecule has 3 saturated heterocycles. The molecule has 144 valence electrons. The molecule has 0 radical (unpaired) electrons. The lowest BCUT2D eigenvalue weighted by Gasteiger charge is -2.51. The average Bonchev–Trinajstić information content (AvgIpc) is 2.64. The highest BCUT2D eigenvalue weighted by Gasteiger charge is 2.43. The SMILES string of the molecule is OC1CN(C2CCOCC2)CC2(CCN(Cc3cncc(F)c3)CC2)C1. The molecule has 4 rings (SSSR count). The minimum atomic E-state index is -0.265. The molecule has 0 aromatic carbocycles. The van der Waals surface area contributed by atoms with Crippen LogP contribution in [0.25, 0.3) is 0 Å². The predicted octanol–water partition coefficient (Wildman–Crippen LogP) is 2.05. The quantitative estimate of drug-likeness (QED) is 0.891. The van der Waals surface area contributed by atoms with Crippen molar-refractivity contribution in [2.24, 2.45) is 5.41 Å². The normalized spacial score (nSPS) is 28.5. The van der Waals surface area contributed by atoms with Crippen molar-refractivity contribution in [1.29, 1.82) is 0 Å². The second-order valence-electron chi connectivity index (χ2n) is 8.42. The molecule has 4 heterocycles. The first kappa shape index (κ1) is 18.3. The van der Waals surface area contributed by atoms with E-state index in [4.69, 9.17) is 4.74 Å². The number of β-amino-alcohol motifs (C(OH)–C–C–N with tert-alkyl or cyclic N) is 1. The number of pyridine rings is 1. The Bertz CT molecular complexity index is 600. The van der Waals surface area contributed by atoms with Gasteiger partial charge in [-0.15, -0.1) is 0 Å². The Morgan fingerprint density at radius 3 is 2.73 bits per heavy atom. The third kappa shape index (κ3) is 4.25. The summed E-state index contributed by atoms with van der Waals surface area (Å²) in [7, 11) is 0. The van der Waals surface area contributed by atoms with E-state index < -0.39 is 0 Å². The predicted molar refractivity (Wildman–Crippen MR) is 97.2 cm³/mol. The van der Waals surface area contributed by atoms with Gasteiger partial charge in [0, 0.05) is 45.1 Å². The second-order valence-corrected chi connectivity index (χ2v) is 8.42. The topological polar surface area (TPSA) is 48.8 Å². The van der Waals surface area contributed by atoms with Crippen LogP contribution in [-0.2, 0) is 11.3 Å². The van der Waals surface area contributed by atoms with Crippen LogP contribution in [0.4, 0.5) is 4.39 Å². The minimum Gasteiger partial charge on any atom is -0.392 e. The zero-order valence-electron chi connectivity index (χ0n) is 15.4. The number of halogens is 1. The lowest BCUT2D eigenvalue weighted by atomic mass is 9.71. The fraction of sp³-hybridized carbons (Fsp3) is 0.750. The Morgan fingerprint density at radius 1 is 1.23 bits per heavy atom. The van der Waals surface area contributed by atoms with E-state index in [9.17, 15) is 9.50 Å². The van der Waals surface area contributed by atoms with Gasteiger partial charge in [-0.2, -0.15) is 0 Å². The van der Waals surface area contributed by atoms with Gasteiger partial charge in [0.15, 0.2) is 0 Å². The molecule has 3 aliphatic heterocycles. The van der Waals surface area contributed by atoms with Crippen molar-refractivity contribution < 1.29 is 14.2 Å². The van der Waals surface area contributed by atoms with Crippen LogP contribution >= 0.6 is 0 Å². The number of aliphatic hydroxyl groups excluding tert-OH is 1. The third-order valence-corrected chi connectivity index (χ3v) is 6.44. The van der Waals surface area contributed by atoms with Gasteiger partial charge in [0.1, 0.15) is 5.82 Å². The van der Waals surface area contributed by atoms with E-state index in [-0.39, 0.29) is 17.3 Å². The fourth-order valence-electron chi connectivity index (χ4n) is 5.07. The van der Waals surface area contributed by atoms with Crippen molar-refractivity contribution in [2.75, 3.05) is 39.4 Å². The first-order chi connectivity index (χ1) is 12.6. The highest BCUT2D eigenvalue weighted by Crippen LogP contribution is 2.41. The molecule has 0 bridgehead atoms. The summed E-state index contributed by atoms with van der Waals surface area (Å²) in [6.07, 6.45) is 8.09. The van der Waals surface area contributed by atoms with Crippen LogP contribution in [-0.4, -0.2) is 71.4 Å². The molecule has 1 aromatic rings. The molecule has 1 spiro atoms. The summed E-state index contributed by atoms with van der Waals surface area (Å²) in [6, 6.07) is 2.14. The number of nitrogens with zero attached hydrogens (tertiary/aromatic N) is 3. The van der Waals surface area contributed by atoms with Crippen molar-refractivity contribution in [3.05, 3.63) is 29.8 Å². The number of hydrogen-bond donors (Lipinski definition) is 1. The zero-order valence-corrected chi connectivity index (χ0v) is 15.4. The first-order valence-electron chi connectivity index (χ1n) is 9.94. The maximum absolute atomic E-state index is 13.3. The Morgan fingerprint density at radius 2 is 2.00 bits per heavy atom. The van der Waals surface area contributed by atoms with E-state index in [2.05, 4.69) is 14.8 Å². The molecule has 1 N–H and O–H groups in total. The molecule has 6 heteroatoms. The molecule has 3 fully saturated rings. The molecule has 0 aliphatic carbocycles. The molecule has 1 unspecified atom stereocenters. The number of aliphatic hydroxyl groups is 1. The monoisotopic (exact) mass is 363 g/mol. The van der Waals surface area contributed by atoms with Gasteiger partial charge >= 0.3 is 0 Å². The standard InChI is InChI=1S/C20H30FN3O2/c21-17-9-16(11-22-12-17)13-23-5-3-20(4-6-23)10-19(25)14-24(15-20)18-1-7-26-8-2-18/h9,11-12,18-19,25H,1-8,10,13-15H2. The van der Waals surface area contributed by atoms with Crippen LogP contribution in [0.5, 0.6) is 0 Å². The molecule has 0 saturated carbocycles. The Hall–Kier alpha value is -1.08. The van der Waals surface area contributed by atoms with Crippen LogP contribution in [0.15, 0.2) is 18.5 Å². The first-order valence-corrected chi connectivity index (χ1v) is 9.94. The summed E-state index contributed by atoms with van der Waals surface area (Å²) in [5.74, 6) is -0.265. The molecule has 3 aliphatic rings. The number of rotatable bonds is 3. The number of ether oxygens (including phenoxy) is 1. The Balaban J connectivity index is 1.35. The zero-order chi connectivity index (χ0) is 18.0. The van der Waals surface area contributed by atoms with Gasteiger partial charge in [0.05, 0.1) is 12.3 Å². The van der Waals surface area contributed by atoms with E-state index in [1.807, 2.05) is 0 Å². The third-order valence-electron chi connectivity index (χ3n) is 6.44. The van der Waals surface area contributed by atoms with Gasteiger partial charge in [-0.05, 0) is 62.2 Å². The molecule has 26 heavy (non-hydrogen) atoms. The maximum Gasteiger partial charge on any atom is 0.141 e. The van der Waals surface area contributed by atoms with E-state index in [1.54, 1.807) is 12.3 Å². The summed E-state index contributed by atoms with van der Waals surface area (Å²) >= 11 is 0. The van der Waals surface area contributed by atoms with Gasteiger partial charge in [-0.25, -0.2) is 4.39 Å². The molecular formula is C20H30FN3O2. The van der Waals surface area contributed by atoms with Crippen molar-refractivity contribution in [3.63, 3.8) is 0 Å². The van der Waals surface area contributed by atoms with E-state index in [0.29, 0.717) is 6.04 Å². The van der Waals surface area contributed by atoms with E-state index in [1.165, 1.54) is 6.20 Å². The van der Waals surface area contributed by atoms with Gasteiger partial charge < -0.3 is 9.84 Å². The van der Waals surface area contributed by atoms with Crippen LogP contribution in [0, 0.1) is 11.2 Å². The number of hydrogen-bond acceptors (Lipinski definition) is 5. The van der Waals surface area contributed by atoms with Crippen LogP contribution in [0.1, 0.15) is 37.7 Å². The van der Waals surface area contributed by atoms with Gasteiger partial charge in [0.2, 0.25) is 0 Å². The molecule has 5 nitrogen and oxygen atoms in total. The van der Waals surface area contributed by atoms with Crippen LogP contribution in [0.3, 0.4) is 0 Å².